The van der Waals surface area contributed by atoms with E-state index in [4.69, 9.17) is 4.74 Å². The number of halogens is 1. The van der Waals surface area contributed by atoms with Crippen LogP contribution in [0.25, 0.3) is 0 Å². The molecule has 4 heteroatoms. The molecule has 1 aromatic rings. The average molecular weight is 314 g/mol. The molecule has 0 radical (unpaired) electrons. The number of carbonyl (C=O) groups is 1. The van der Waals surface area contributed by atoms with Gasteiger partial charge in [0.2, 0.25) is 5.91 Å². The lowest BCUT2D eigenvalue weighted by Gasteiger charge is -2.16. The van der Waals surface area contributed by atoms with Crippen LogP contribution in [0.4, 0.5) is 5.69 Å². The normalized spacial score (nSPS) is 11.1. The number of hydrogen-bond acceptors (Lipinski definition) is 2. The van der Waals surface area contributed by atoms with Gasteiger partial charge in [-0.2, -0.15) is 0 Å². The van der Waals surface area contributed by atoms with E-state index in [-0.39, 0.29) is 5.91 Å². The van der Waals surface area contributed by atoms with Crippen LogP contribution in [0.5, 0.6) is 5.75 Å². The van der Waals surface area contributed by atoms with Gasteiger partial charge in [-0.3, -0.25) is 4.79 Å². The molecule has 1 N–H and O–H groups in total. The first kappa shape index (κ1) is 15.0. The highest BCUT2D eigenvalue weighted by Gasteiger charge is 2.23. The lowest BCUT2D eigenvalue weighted by molar-refractivity contribution is -0.117. The highest BCUT2D eigenvalue weighted by Crippen LogP contribution is 2.20. The van der Waals surface area contributed by atoms with E-state index < -0.39 is 4.32 Å². The molecular formula is C14H20BrNO2. The van der Waals surface area contributed by atoms with Gasteiger partial charge >= 0.3 is 0 Å². The Morgan fingerprint density at radius 1 is 1.33 bits per heavy atom. The van der Waals surface area contributed by atoms with Crippen molar-refractivity contribution in [3.63, 3.8) is 0 Å². The molecule has 18 heavy (non-hydrogen) atoms. The topological polar surface area (TPSA) is 38.3 Å². The van der Waals surface area contributed by atoms with Crippen molar-refractivity contribution in [1.82, 2.24) is 0 Å². The second-order valence-corrected chi connectivity index (χ2v) is 6.64. The van der Waals surface area contributed by atoms with Crippen molar-refractivity contribution in [2.45, 2.75) is 37.9 Å². The van der Waals surface area contributed by atoms with Crippen molar-refractivity contribution in [2.24, 2.45) is 0 Å². The van der Waals surface area contributed by atoms with Gasteiger partial charge in [0.05, 0.1) is 10.9 Å². The summed E-state index contributed by atoms with van der Waals surface area (Å²) in [4.78, 5) is 11.7. The number of carbonyl (C=O) groups excluding carboxylic acids is 1. The summed E-state index contributed by atoms with van der Waals surface area (Å²) in [6, 6.07) is 7.43. The number of ether oxygens (including phenoxy) is 1. The first-order valence-electron chi connectivity index (χ1n) is 6.16. The summed E-state index contributed by atoms with van der Waals surface area (Å²) in [5.74, 6) is 0.765. The molecule has 0 aliphatic heterocycles. The highest BCUT2D eigenvalue weighted by atomic mass is 79.9. The SMILES string of the molecule is CCCCOc1ccc(NC(=O)C(C)(C)Br)cc1. The standard InChI is InChI=1S/C14H20BrNO2/c1-4-5-10-18-12-8-6-11(7-9-12)16-13(17)14(2,3)15/h6-9H,4-5,10H2,1-3H3,(H,16,17). The number of hydrogen-bond donors (Lipinski definition) is 1. The van der Waals surface area contributed by atoms with E-state index in [2.05, 4.69) is 28.2 Å². The zero-order valence-corrected chi connectivity index (χ0v) is 12.7. The predicted octanol–water partition coefficient (Wildman–Crippen LogP) is 3.98. The van der Waals surface area contributed by atoms with Gasteiger partial charge in [-0.25, -0.2) is 0 Å². The van der Waals surface area contributed by atoms with Crippen molar-refractivity contribution in [3.8, 4) is 5.75 Å². The molecule has 3 nitrogen and oxygen atoms in total. The first-order chi connectivity index (χ1) is 8.43. The lowest BCUT2D eigenvalue weighted by Crippen LogP contribution is -2.30. The van der Waals surface area contributed by atoms with Crippen molar-refractivity contribution < 1.29 is 9.53 Å². The molecule has 0 bridgehead atoms. The minimum absolute atomic E-state index is 0.0675. The quantitative estimate of drug-likeness (QED) is 0.637. The van der Waals surface area contributed by atoms with Crippen molar-refractivity contribution in [3.05, 3.63) is 24.3 Å². The molecule has 0 atom stereocenters. The number of alkyl halides is 1. The fourth-order valence-electron chi connectivity index (χ4n) is 1.25. The Balaban J connectivity index is 2.53. The van der Waals surface area contributed by atoms with E-state index in [9.17, 15) is 4.79 Å². The van der Waals surface area contributed by atoms with Crippen LogP contribution in [0.2, 0.25) is 0 Å². The monoisotopic (exact) mass is 313 g/mol. The Hall–Kier alpha value is -1.03. The van der Waals surface area contributed by atoms with Crippen molar-refractivity contribution in [1.29, 1.82) is 0 Å². The molecular weight excluding hydrogens is 294 g/mol. The number of rotatable bonds is 6. The fraction of sp³-hybridized carbons (Fsp3) is 0.500. The molecule has 0 aliphatic carbocycles. The predicted molar refractivity (Wildman–Crippen MR) is 78.5 cm³/mol. The maximum atomic E-state index is 11.7. The van der Waals surface area contributed by atoms with Gasteiger partial charge in [0.1, 0.15) is 5.75 Å². The average Bonchev–Trinajstić information content (AvgIpc) is 2.30. The first-order valence-corrected chi connectivity index (χ1v) is 6.96. The van der Waals surface area contributed by atoms with Crippen LogP contribution in [0.15, 0.2) is 24.3 Å². The van der Waals surface area contributed by atoms with Gasteiger partial charge in [0, 0.05) is 5.69 Å². The second-order valence-electron chi connectivity index (χ2n) is 4.65. The minimum atomic E-state index is -0.566. The molecule has 0 aromatic heterocycles. The van der Waals surface area contributed by atoms with Crippen LogP contribution in [-0.4, -0.2) is 16.8 Å². The summed E-state index contributed by atoms with van der Waals surface area (Å²) in [5, 5.41) is 2.83. The maximum Gasteiger partial charge on any atom is 0.240 e. The van der Waals surface area contributed by atoms with Crippen LogP contribution in [0, 0.1) is 0 Å². The van der Waals surface area contributed by atoms with E-state index in [1.54, 1.807) is 0 Å². The van der Waals surface area contributed by atoms with E-state index in [0.717, 1.165) is 30.9 Å². The third kappa shape index (κ3) is 5.08. The van der Waals surface area contributed by atoms with E-state index in [1.807, 2.05) is 38.1 Å². The molecule has 0 fully saturated rings. The number of nitrogens with one attached hydrogen (secondary N) is 1. The summed E-state index contributed by atoms with van der Waals surface area (Å²) >= 11 is 3.32. The molecule has 0 saturated heterocycles. The van der Waals surface area contributed by atoms with Crippen molar-refractivity contribution in [2.75, 3.05) is 11.9 Å². The summed E-state index contributed by atoms with van der Waals surface area (Å²) in [6.45, 7) is 6.48. The second kappa shape index (κ2) is 6.78. The van der Waals surface area contributed by atoms with E-state index in [0.29, 0.717) is 0 Å². The zero-order chi connectivity index (χ0) is 13.6. The third-order valence-electron chi connectivity index (χ3n) is 2.42. The molecule has 0 spiro atoms. The summed E-state index contributed by atoms with van der Waals surface area (Å²) in [7, 11) is 0. The van der Waals surface area contributed by atoms with Gasteiger partial charge < -0.3 is 10.1 Å². The van der Waals surface area contributed by atoms with Crippen LogP contribution in [0.1, 0.15) is 33.6 Å². The number of amides is 1. The van der Waals surface area contributed by atoms with Gasteiger partial charge in [0.15, 0.2) is 0 Å². The molecule has 1 amide bonds. The van der Waals surface area contributed by atoms with Gasteiger partial charge in [-0.05, 0) is 44.5 Å². The molecule has 1 aromatic carbocycles. The van der Waals surface area contributed by atoms with Crippen LogP contribution >= 0.6 is 15.9 Å². The van der Waals surface area contributed by atoms with Crippen LogP contribution < -0.4 is 10.1 Å². The summed E-state index contributed by atoms with van der Waals surface area (Å²) < 4.78 is 4.99. The van der Waals surface area contributed by atoms with Crippen LogP contribution in [-0.2, 0) is 4.79 Å². The van der Waals surface area contributed by atoms with Crippen LogP contribution in [0.3, 0.4) is 0 Å². The molecule has 0 saturated carbocycles. The number of unbranched alkanes of at least 4 members (excludes halogenated alkanes) is 1. The molecule has 0 unspecified atom stereocenters. The fourth-order valence-corrected chi connectivity index (χ4v) is 1.35. The minimum Gasteiger partial charge on any atom is -0.494 e. The molecule has 0 heterocycles. The Morgan fingerprint density at radius 2 is 1.94 bits per heavy atom. The lowest BCUT2D eigenvalue weighted by atomic mass is 10.2. The van der Waals surface area contributed by atoms with Gasteiger partial charge in [0.25, 0.3) is 0 Å². The van der Waals surface area contributed by atoms with Crippen molar-refractivity contribution >= 4 is 27.5 Å². The van der Waals surface area contributed by atoms with Gasteiger partial charge in [-0.15, -0.1) is 0 Å². The molecule has 0 aliphatic rings. The smallest absolute Gasteiger partial charge is 0.240 e. The Morgan fingerprint density at radius 3 is 2.44 bits per heavy atom. The summed E-state index contributed by atoms with van der Waals surface area (Å²) in [5.41, 5.74) is 0.773. The largest absolute Gasteiger partial charge is 0.494 e. The maximum absolute atomic E-state index is 11.7. The third-order valence-corrected chi connectivity index (χ3v) is 2.78. The summed E-state index contributed by atoms with van der Waals surface area (Å²) in [6.07, 6.45) is 2.17. The zero-order valence-electron chi connectivity index (χ0n) is 11.1. The van der Waals surface area contributed by atoms with E-state index >= 15 is 0 Å². The molecule has 100 valence electrons. The van der Waals surface area contributed by atoms with E-state index in [1.165, 1.54) is 0 Å². The number of benzene rings is 1. The Bertz CT molecular complexity index is 382. The highest BCUT2D eigenvalue weighted by molar-refractivity contribution is 9.10. The number of anilines is 1. The Kier molecular flexibility index (Phi) is 5.66. The molecule has 1 rings (SSSR count). The Labute approximate surface area is 117 Å². The van der Waals surface area contributed by atoms with Gasteiger partial charge in [-0.1, -0.05) is 29.3 Å².